The van der Waals surface area contributed by atoms with Crippen molar-refractivity contribution in [2.45, 2.75) is 18.7 Å². The Morgan fingerprint density at radius 2 is 2.31 bits per heavy atom. The van der Waals surface area contributed by atoms with Gasteiger partial charge in [-0.1, -0.05) is 23.7 Å². The topological polar surface area (TPSA) is 29.1 Å². The Hall–Kier alpha value is -0.795. The molecule has 0 saturated carbocycles. The lowest BCUT2D eigenvalue weighted by molar-refractivity contribution is -0.107. The van der Waals surface area contributed by atoms with Crippen molar-refractivity contribution in [2.75, 3.05) is 13.1 Å². The second-order valence-corrected chi connectivity index (χ2v) is 4.60. The van der Waals surface area contributed by atoms with Gasteiger partial charge in [0.05, 0.1) is 0 Å². The number of aryl methyl sites for hydroxylation is 1. The summed E-state index contributed by atoms with van der Waals surface area (Å²) in [7, 11) is 2.09. The molecule has 1 aromatic rings. The van der Waals surface area contributed by atoms with Crippen LogP contribution in [0, 0.1) is 6.92 Å². The van der Waals surface area contributed by atoms with Crippen LogP contribution in [0.3, 0.4) is 0 Å². The predicted octanol–water partition coefficient (Wildman–Crippen LogP) is 0.192. The summed E-state index contributed by atoms with van der Waals surface area (Å²) >= 11 is 5.67. The third-order valence-electron chi connectivity index (χ3n) is 2.56. The number of hydrogen-bond donors (Lipinski definition) is 1. The Bertz CT molecular complexity index is 357. The van der Waals surface area contributed by atoms with E-state index in [0.717, 1.165) is 19.3 Å². The van der Waals surface area contributed by atoms with Crippen LogP contribution in [0.2, 0.25) is 0 Å². The van der Waals surface area contributed by atoms with E-state index in [-0.39, 0.29) is 0 Å². The first-order valence-corrected chi connectivity index (χ1v) is 5.93. The number of alkyl halides is 1. The molecule has 16 heavy (non-hydrogen) atoms. The third-order valence-corrected chi connectivity index (χ3v) is 2.82. The molecule has 0 saturated heterocycles. The van der Waals surface area contributed by atoms with Gasteiger partial charge in [-0.3, -0.25) is 0 Å². The zero-order chi connectivity index (χ0) is 12.0. The van der Waals surface area contributed by atoms with E-state index in [1.807, 2.05) is 0 Å². The first-order valence-electron chi connectivity index (χ1n) is 5.49. The minimum atomic E-state index is -0.418. The van der Waals surface area contributed by atoms with Crippen molar-refractivity contribution in [1.29, 1.82) is 0 Å². The molecule has 0 aromatic heterocycles. The maximum Gasteiger partial charge on any atom is 0.139 e. The number of nitrogens with one attached hydrogen (secondary N) is 1. The highest BCUT2D eigenvalue weighted by molar-refractivity contribution is 6.32. The van der Waals surface area contributed by atoms with E-state index < -0.39 is 5.38 Å². The number of hydrogen-bond acceptors (Lipinski definition) is 2. The summed E-state index contributed by atoms with van der Waals surface area (Å²) in [6.07, 6.45) is 1.72. The summed E-state index contributed by atoms with van der Waals surface area (Å²) in [6.45, 7) is 3.50. The molecule has 0 fully saturated rings. The van der Waals surface area contributed by atoms with Crippen molar-refractivity contribution in [2.24, 2.45) is 0 Å². The Balaban J connectivity index is 2.37. The van der Waals surface area contributed by atoms with Crippen molar-refractivity contribution < 1.29 is 4.79 Å². The number of rotatable bonds is 6. The molecule has 1 aromatic carbocycles. The molecule has 0 heterocycles. The molecule has 0 aliphatic rings. The van der Waals surface area contributed by atoms with Gasteiger partial charge in [0.25, 0.3) is 0 Å². The van der Waals surface area contributed by atoms with E-state index in [9.17, 15) is 4.79 Å². The Labute approximate surface area is 103 Å². The lowest BCUT2D eigenvalue weighted by Gasteiger charge is -2.08. The Morgan fingerprint density at radius 1 is 1.56 bits per heavy atom. The van der Waals surface area contributed by atoms with Gasteiger partial charge in [-0.2, -0.15) is 0 Å². The zero-order valence-corrected chi connectivity index (χ0v) is 10.6. The molecule has 1 N–H and O–H groups in total. The molecule has 0 spiro atoms. The summed E-state index contributed by atoms with van der Waals surface area (Å²) in [4.78, 5) is 10.3. The molecule has 0 radical (unpaired) electrons. The molecule has 1 atom stereocenters. The zero-order valence-electron chi connectivity index (χ0n) is 9.79. The lowest BCUT2D eigenvalue weighted by Crippen LogP contribution is -2.26. The first-order chi connectivity index (χ1) is 7.63. The Morgan fingerprint density at radius 3 is 3.00 bits per heavy atom. The normalized spacial score (nSPS) is 12.4. The number of aldehydes is 1. The third kappa shape index (κ3) is 4.37. The highest BCUT2D eigenvalue weighted by Gasteiger charge is 2.02. The van der Waals surface area contributed by atoms with E-state index in [0.29, 0.717) is 6.54 Å². The Kier molecular flexibility index (Phi) is 5.57. The van der Waals surface area contributed by atoms with Crippen molar-refractivity contribution in [3.05, 3.63) is 29.3 Å². The highest BCUT2D eigenvalue weighted by atomic mass is 35.5. The van der Waals surface area contributed by atoms with E-state index in [1.54, 1.807) is 0 Å². The number of benzene rings is 1. The van der Waals surface area contributed by atoms with Crippen LogP contribution in [0.5, 0.6) is 0 Å². The minimum Gasteiger partial charge on any atom is -0.314 e. The second kappa shape index (κ2) is 6.72. The lowest BCUT2D eigenvalue weighted by atomic mass is 9.91. The van der Waals surface area contributed by atoms with Gasteiger partial charge in [-0.25, -0.2) is 0 Å². The van der Waals surface area contributed by atoms with Crippen LogP contribution in [0.1, 0.15) is 11.1 Å². The van der Waals surface area contributed by atoms with Gasteiger partial charge in [0.1, 0.15) is 19.5 Å². The van der Waals surface area contributed by atoms with Gasteiger partial charge >= 0.3 is 0 Å². The van der Waals surface area contributed by atoms with E-state index in [2.05, 4.69) is 38.3 Å². The smallest absolute Gasteiger partial charge is 0.139 e. The number of carbonyl (C=O) groups excluding carboxylic acids is 1. The monoisotopic (exact) mass is 237 g/mol. The summed E-state index contributed by atoms with van der Waals surface area (Å²) in [5.41, 5.74) is 3.94. The molecule has 86 valence electrons. The molecule has 4 heteroatoms. The van der Waals surface area contributed by atoms with Crippen molar-refractivity contribution >= 4 is 31.2 Å². The maximum absolute atomic E-state index is 10.3. The van der Waals surface area contributed by atoms with Gasteiger partial charge in [0.15, 0.2) is 0 Å². The molecular weight excluding hydrogens is 220 g/mol. The standard InChI is InChI=1S/C12H17BClNO/c1-9-2-3-11(13)6-10(9)4-5-15-7-12(14)8-16/h2-3,6,8,12,15H,4-5,7,13H2,1H3. The highest BCUT2D eigenvalue weighted by Crippen LogP contribution is 2.05. The summed E-state index contributed by atoms with van der Waals surface area (Å²) in [6, 6.07) is 6.46. The van der Waals surface area contributed by atoms with Gasteiger partial charge in [-0.15, -0.1) is 11.6 Å². The minimum absolute atomic E-state index is 0.418. The molecule has 1 rings (SSSR count). The van der Waals surface area contributed by atoms with E-state index >= 15 is 0 Å². The van der Waals surface area contributed by atoms with Gasteiger partial charge in [0.2, 0.25) is 0 Å². The molecule has 1 unspecified atom stereocenters. The van der Waals surface area contributed by atoms with Crippen LogP contribution in [-0.4, -0.2) is 32.6 Å². The molecule has 0 amide bonds. The predicted molar refractivity (Wildman–Crippen MR) is 71.6 cm³/mol. The van der Waals surface area contributed by atoms with Crippen molar-refractivity contribution in [3.63, 3.8) is 0 Å². The average molecular weight is 238 g/mol. The molecule has 0 aliphatic heterocycles. The number of halogens is 1. The second-order valence-electron chi connectivity index (χ2n) is 4.04. The largest absolute Gasteiger partial charge is 0.314 e. The van der Waals surface area contributed by atoms with Crippen LogP contribution < -0.4 is 10.8 Å². The van der Waals surface area contributed by atoms with Gasteiger partial charge in [0, 0.05) is 6.54 Å². The van der Waals surface area contributed by atoms with Crippen LogP contribution in [0.4, 0.5) is 0 Å². The van der Waals surface area contributed by atoms with Crippen LogP contribution >= 0.6 is 11.6 Å². The van der Waals surface area contributed by atoms with E-state index in [4.69, 9.17) is 11.6 Å². The SMILES string of the molecule is Bc1ccc(C)c(CCNCC(Cl)C=O)c1. The summed E-state index contributed by atoms with van der Waals surface area (Å²) in [5.74, 6) is 0. The van der Waals surface area contributed by atoms with Gasteiger partial charge < -0.3 is 10.1 Å². The fourth-order valence-corrected chi connectivity index (χ4v) is 1.69. The van der Waals surface area contributed by atoms with Gasteiger partial charge in [-0.05, 0) is 31.0 Å². The fraction of sp³-hybridized carbons (Fsp3) is 0.417. The summed E-state index contributed by atoms with van der Waals surface area (Å²) in [5, 5.41) is 2.75. The number of carbonyl (C=O) groups is 1. The molecular formula is C12H17BClNO. The first kappa shape index (κ1) is 13.3. The maximum atomic E-state index is 10.3. The van der Waals surface area contributed by atoms with E-state index in [1.165, 1.54) is 16.6 Å². The molecule has 0 bridgehead atoms. The van der Waals surface area contributed by atoms with Crippen LogP contribution in [0.15, 0.2) is 18.2 Å². The van der Waals surface area contributed by atoms with Crippen LogP contribution in [-0.2, 0) is 11.2 Å². The van der Waals surface area contributed by atoms with Crippen LogP contribution in [0.25, 0.3) is 0 Å². The quantitative estimate of drug-likeness (QED) is 0.331. The van der Waals surface area contributed by atoms with Crippen molar-refractivity contribution in [3.8, 4) is 0 Å². The summed E-state index contributed by atoms with van der Waals surface area (Å²) < 4.78 is 0. The fourth-order valence-electron chi connectivity index (χ4n) is 1.58. The molecule has 0 aliphatic carbocycles. The molecule has 2 nitrogen and oxygen atoms in total. The average Bonchev–Trinajstić information content (AvgIpc) is 2.28. The van der Waals surface area contributed by atoms with Crippen molar-refractivity contribution in [1.82, 2.24) is 5.32 Å².